The van der Waals surface area contributed by atoms with Crippen molar-refractivity contribution in [3.8, 4) is 16.9 Å². The summed E-state index contributed by atoms with van der Waals surface area (Å²) in [5, 5.41) is 14.7. The Hall–Kier alpha value is -4.16. The van der Waals surface area contributed by atoms with Crippen LogP contribution in [0.3, 0.4) is 0 Å². The van der Waals surface area contributed by atoms with Gasteiger partial charge in [-0.15, -0.1) is 0 Å². The molecule has 6 nitrogen and oxygen atoms in total. The van der Waals surface area contributed by atoms with Crippen molar-refractivity contribution in [2.24, 2.45) is 10.2 Å². The van der Waals surface area contributed by atoms with E-state index in [2.05, 4.69) is 40.1 Å². The van der Waals surface area contributed by atoms with E-state index >= 15 is 0 Å². The molecule has 0 unspecified atom stereocenters. The number of hydrogen-bond acceptors (Lipinski definition) is 5. The van der Waals surface area contributed by atoms with Gasteiger partial charge in [-0.1, -0.05) is 29.8 Å². The molecule has 0 saturated heterocycles. The zero-order chi connectivity index (χ0) is 23.5. The van der Waals surface area contributed by atoms with E-state index < -0.39 is 0 Å². The monoisotopic (exact) mass is 464 g/mol. The van der Waals surface area contributed by atoms with E-state index in [0.717, 1.165) is 33.4 Å². The minimum absolute atomic E-state index is 0.393. The van der Waals surface area contributed by atoms with Crippen molar-refractivity contribution >= 4 is 34.9 Å². The predicted molar refractivity (Wildman–Crippen MR) is 138 cm³/mol. The number of nitrogens with zero attached hydrogens (tertiary/aromatic N) is 6. The van der Waals surface area contributed by atoms with Crippen molar-refractivity contribution in [2.45, 2.75) is 13.8 Å². The molecule has 34 heavy (non-hydrogen) atoms. The first-order valence-electron chi connectivity index (χ1n) is 10.8. The third-order valence-electron chi connectivity index (χ3n) is 5.59. The first-order chi connectivity index (χ1) is 16.6. The molecule has 0 fully saturated rings. The summed E-state index contributed by atoms with van der Waals surface area (Å²) in [7, 11) is 0. The van der Waals surface area contributed by atoms with Gasteiger partial charge in [-0.05, 0) is 67.4 Å². The molecule has 0 bridgehead atoms. The molecule has 3 heterocycles. The number of benzene rings is 2. The molecule has 0 saturated carbocycles. The topological polar surface area (TPSA) is 68.3 Å². The van der Waals surface area contributed by atoms with Crippen molar-refractivity contribution in [1.29, 1.82) is 0 Å². The van der Waals surface area contributed by atoms with Gasteiger partial charge in [0.1, 0.15) is 10.8 Å². The quantitative estimate of drug-likeness (QED) is 0.176. The van der Waals surface area contributed by atoms with Gasteiger partial charge in [0.2, 0.25) is 0 Å². The number of pyridine rings is 2. The fraction of sp³-hybridized carbons (Fsp3) is 0.0741. The Balaban J connectivity index is 1.46. The highest BCUT2D eigenvalue weighted by atomic mass is 35.5. The lowest BCUT2D eigenvalue weighted by Crippen LogP contribution is -1.93. The number of halogens is 1. The van der Waals surface area contributed by atoms with Gasteiger partial charge >= 0.3 is 0 Å². The van der Waals surface area contributed by atoms with Crippen molar-refractivity contribution in [2.75, 3.05) is 0 Å². The Kier molecular flexibility index (Phi) is 5.97. The molecule has 0 spiro atoms. The number of rotatable bonds is 5. The van der Waals surface area contributed by atoms with Crippen LogP contribution in [0.1, 0.15) is 22.3 Å². The van der Waals surface area contributed by atoms with Gasteiger partial charge in [0, 0.05) is 40.7 Å². The molecule has 0 N–H and O–H groups in total. The second-order valence-corrected chi connectivity index (χ2v) is 8.29. The maximum Gasteiger partial charge on any atom is 0.138 e. The molecular weight excluding hydrogens is 444 g/mol. The van der Waals surface area contributed by atoms with Gasteiger partial charge in [-0.2, -0.15) is 15.3 Å². The Morgan fingerprint density at radius 2 is 1.56 bits per heavy atom. The smallest absolute Gasteiger partial charge is 0.138 e. The zero-order valence-corrected chi connectivity index (χ0v) is 19.5. The molecule has 0 aliphatic heterocycles. The summed E-state index contributed by atoms with van der Waals surface area (Å²) in [6.07, 6.45) is 8.73. The fourth-order valence-electron chi connectivity index (χ4n) is 3.64. The molecule has 0 radical (unpaired) electrons. The van der Waals surface area contributed by atoms with Gasteiger partial charge in [0.25, 0.3) is 0 Å². The van der Waals surface area contributed by atoms with Gasteiger partial charge in [-0.25, -0.2) is 9.67 Å². The van der Waals surface area contributed by atoms with Crippen LogP contribution in [0.4, 0.5) is 0 Å². The Morgan fingerprint density at radius 3 is 2.32 bits per heavy atom. The predicted octanol–water partition coefficient (Wildman–Crippen LogP) is 6.21. The number of hydrogen-bond donors (Lipinski definition) is 0. The summed E-state index contributed by atoms with van der Waals surface area (Å²) in [6, 6.07) is 19.9. The lowest BCUT2D eigenvalue weighted by molar-refractivity contribution is 0.884. The van der Waals surface area contributed by atoms with Crippen LogP contribution in [0.25, 0.3) is 27.8 Å². The molecular formula is C27H21ClN6. The molecule has 166 valence electrons. The maximum atomic E-state index is 6.39. The third kappa shape index (κ3) is 4.49. The molecule has 0 aliphatic rings. The van der Waals surface area contributed by atoms with Crippen molar-refractivity contribution in [1.82, 2.24) is 19.7 Å². The number of para-hydroxylation sites is 1. The van der Waals surface area contributed by atoms with E-state index in [1.807, 2.05) is 65.5 Å². The highest BCUT2D eigenvalue weighted by Gasteiger charge is 2.11. The van der Waals surface area contributed by atoms with Crippen LogP contribution >= 0.6 is 11.6 Å². The first kappa shape index (κ1) is 21.7. The highest BCUT2D eigenvalue weighted by Crippen LogP contribution is 2.24. The van der Waals surface area contributed by atoms with Gasteiger partial charge in [0.05, 0.1) is 23.6 Å². The van der Waals surface area contributed by atoms with E-state index in [1.165, 1.54) is 11.1 Å². The Labute approximate surface area is 202 Å². The van der Waals surface area contributed by atoms with Crippen LogP contribution in [-0.2, 0) is 0 Å². The second kappa shape index (κ2) is 9.37. The lowest BCUT2D eigenvalue weighted by atomic mass is 10.1. The molecule has 5 aromatic rings. The number of aryl methyl sites for hydroxylation is 2. The van der Waals surface area contributed by atoms with E-state index in [9.17, 15) is 0 Å². The molecule has 3 aromatic heterocycles. The van der Waals surface area contributed by atoms with Crippen LogP contribution < -0.4 is 0 Å². The van der Waals surface area contributed by atoms with E-state index in [0.29, 0.717) is 10.7 Å². The minimum atomic E-state index is 0.393. The Bertz CT molecular complexity index is 1520. The van der Waals surface area contributed by atoms with Crippen molar-refractivity contribution in [3.63, 3.8) is 0 Å². The van der Waals surface area contributed by atoms with Gasteiger partial charge < -0.3 is 0 Å². The molecule has 0 aliphatic carbocycles. The summed E-state index contributed by atoms with van der Waals surface area (Å²) in [4.78, 5) is 8.61. The summed E-state index contributed by atoms with van der Waals surface area (Å²) in [5.41, 5.74) is 7.50. The van der Waals surface area contributed by atoms with Gasteiger partial charge in [0.15, 0.2) is 0 Å². The summed E-state index contributed by atoms with van der Waals surface area (Å²) < 4.78 is 1.83. The lowest BCUT2D eigenvalue weighted by Gasteiger charge is -2.05. The normalized spacial score (nSPS) is 11.7. The van der Waals surface area contributed by atoms with E-state index in [-0.39, 0.29) is 0 Å². The van der Waals surface area contributed by atoms with Crippen LogP contribution in [0.15, 0.2) is 89.5 Å². The molecule has 0 atom stereocenters. The van der Waals surface area contributed by atoms with Crippen LogP contribution in [0.2, 0.25) is 5.15 Å². The molecule has 0 amide bonds. The molecule has 7 heteroatoms. The zero-order valence-electron chi connectivity index (χ0n) is 18.7. The first-order valence-corrected chi connectivity index (χ1v) is 11.2. The molecule has 2 aromatic carbocycles. The SMILES string of the molecule is Cc1cc2cc(/C=N/N=C/c3cn(-c4ccccc4)nc3-c3ccncc3)c(Cl)nc2cc1C. The summed E-state index contributed by atoms with van der Waals surface area (Å²) in [5.74, 6) is 0. The van der Waals surface area contributed by atoms with Crippen LogP contribution in [0.5, 0.6) is 0 Å². The minimum Gasteiger partial charge on any atom is -0.265 e. The fourth-order valence-corrected chi connectivity index (χ4v) is 3.84. The van der Waals surface area contributed by atoms with E-state index in [4.69, 9.17) is 16.7 Å². The second-order valence-electron chi connectivity index (χ2n) is 7.94. The summed E-state index contributed by atoms with van der Waals surface area (Å²) in [6.45, 7) is 4.14. The standard InChI is InChI=1S/C27H21ClN6/c1-18-12-21-14-22(27(28)32-25(21)13-19(18)2)15-30-31-16-23-17-34(24-6-4-3-5-7-24)33-26(23)20-8-10-29-11-9-20/h3-17H,1-2H3/b30-15+,31-16+. The largest absolute Gasteiger partial charge is 0.265 e. The van der Waals surface area contributed by atoms with Crippen molar-refractivity contribution in [3.05, 3.63) is 107 Å². The van der Waals surface area contributed by atoms with Gasteiger partial charge in [-0.3, -0.25) is 4.98 Å². The Morgan fingerprint density at radius 1 is 0.853 bits per heavy atom. The average Bonchev–Trinajstić information content (AvgIpc) is 3.29. The van der Waals surface area contributed by atoms with E-state index in [1.54, 1.807) is 24.8 Å². The summed E-state index contributed by atoms with van der Waals surface area (Å²) >= 11 is 6.39. The number of fused-ring (bicyclic) bond motifs is 1. The third-order valence-corrected chi connectivity index (χ3v) is 5.89. The average molecular weight is 465 g/mol. The maximum absolute atomic E-state index is 6.39. The number of aromatic nitrogens is 4. The van der Waals surface area contributed by atoms with Crippen LogP contribution in [-0.4, -0.2) is 32.2 Å². The highest BCUT2D eigenvalue weighted by molar-refractivity contribution is 6.32. The molecule has 5 rings (SSSR count). The van der Waals surface area contributed by atoms with Crippen LogP contribution in [0, 0.1) is 13.8 Å². The van der Waals surface area contributed by atoms with Crippen molar-refractivity contribution < 1.29 is 0 Å².